The maximum Gasteiger partial charge on any atom is 0.124 e. The third-order valence-electron chi connectivity index (χ3n) is 3.08. The number of hydrogen-bond acceptors (Lipinski definition) is 3. The summed E-state index contributed by atoms with van der Waals surface area (Å²) in [7, 11) is 1.98. The number of hydrogen-bond donors (Lipinski definition) is 0. The lowest BCUT2D eigenvalue weighted by molar-refractivity contribution is 0.0793. The van der Waals surface area contributed by atoms with Gasteiger partial charge in [0.25, 0.3) is 0 Å². The number of halogens is 1. The second-order valence-corrected chi connectivity index (χ2v) is 4.79. The zero-order valence-electron chi connectivity index (χ0n) is 10.5. The van der Waals surface area contributed by atoms with Gasteiger partial charge >= 0.3 is 0 Å². The minimum atomic E-state index is -0.352. The number of ether oxygens (including phenoxy) is 1. The first-order chi connectivity index (χ1) is 8.67. The Labute approximate surface area is 107 Å². The van der Waals surface area contributed by atoms with Crippen LogP contribution in [0, 0.1) is 17.1 Å². The Morgan fingerprint density at radius 1 is 1.50 bits per heavy atom. The molecule has 1 aromatic rings. The van der Waals surface area contributed by atoms with E-state index in [1.165, 1.54) is 12.1 Å². The van der Waals surface area contributed by atoms with E-state index in [1.807, 2.05) is 13.1 Å². The minimum absolute atomic E-state index is 0.291. The van der Waals surface area contributed by atoms with Crippen molar-refractivity contribution in [1.29, 1.82) is 5.26 Å². The molecule has 0 spiro atoms. The van der Waals surface area contributed by atoms with Crippen LogP contribution in [0.15, 0.2) is 18.2 Å². The molecule has 1 atom stereocenters. The molecule has 1 aromatic carbocycles. The van der Waals surface area contributed by atoms with Gasteiger partial charge in [0, 0.05) is 19.7 Å². The summed E-state index contributed by atoms with van der Waals surface area (Å²) in [5.74, 6) is -0.352. The molecule has 1 heterocycles. The summed E-state index contributed by atoms with van der Waals surface area (Å²) >= 11 is 0. The number of rotatable bonds is 4. The SMILES string of the molecule is CN(Cc1cc(F)cc(C#N)c1)CC1CCCO1. The van der Waals surface area contributed by atoms with Crippen molar-refractivity contribution < 1.29 is 9.13 Å². The van der Waals surface area contributed by atoms with Crippen molar-refractivity contribution >= 4 is 0 Å². The fraction of sp³-hybridized carbons (Fsp3) is 0.500. The summed E-state index contributed by atoms with van der Waals surface area (Å²) in [4.78, 5) is 2.10. The lowest BCUT2D eigenvalue weighted by atomic mass is 10.1. The normalized spacial score (nSPS) is 19.1. The molecule has 0 bridgehead atoms. The predicted octanol–water partition coefficient (Wildman–Crippen LogP) is 2.31. The zero-order valence-corrected chi connectivity index (χ0v) is 10.5. The van der Waals surface area contributed by atoms with Crippen molar-refractivity contribution in [2.45, 2.75) is 25.5 Å². The number of nitrogens with zero attached hydrogens (tertiary/aromatic N) is 2. The summed E-state index contributed by atoms with van der Waals surface area (Å²) in [5, 5.41) is 8.80. The van der Waals surface area contributed by atoms with E-state index in [1.54, 1.807) is 6.07 Å². The van der Waals surface area contributed by atoms with E-state index in [0.29, 0.717) is 18.2 Å². The molecule has 1 aliphatic heterocycles. The van der Waals surface area contributed by atoms with Crippen LogP contribution in [0.3, 0.4) is 0 Å². The topological polar surface area (TPSA) is 36.3 Å². The molecule has 0 aliphatic carbocycles. The van der Waals surface area contributed by atoms with E-state index in [9.17, 15) is 4.39 Å². The van der Waals surface area contributed by atoms with Crippen molar-refractivity contribution in [1.82, 2.24) is 4.90 Å². The summed E-state index contributed by atoms with van der Waals surface area (Å²) in [5.41, 5.74) is 1.20. The van der Waals surface area contributed by atoms with Gasteiger partial charge in [-0.05, 0) is 43.7 Å². The van der Waals surface area contributed by atoms with Gasteiger partial charge in [0.15, 0.2) is 0 Å². The lowest BCUT2D eigenvalue weighted by Gasteiger charge is -2.20. The maximum atomic E-state index is 13.3. The molecule has 1 fully saturated rings. The highest BCUT2D eigenvalue weighted by atomic mass is 19.1. The van der Waals surface area contributed by atoms with Crippen LogP contribution in [0.25, 0.3) is 0 Å². The van der Waals surface area contributed by atoms with Gasteiger partial charge in [-0.25, -0.2) is 4.39 Å². The fourth-order valence-corrected chi connectivity index (χ4v) is 2.32. The Balaban J connectivity index is 1.95. The molecule has 0 saturated carbocycles. The molecule has 0 amide bonds. The van der Waals surface area contributed by atoms with Gasteiger partial charge in [-0.15, -0.1) is 0 Å². The second-order valence-electron chi connectivity index (χ2n) is 4.79. The fourth-order valence-electron chi connectivity index (χ4n) is 2.32. The number of nitriles is 1. The van der Waals surface area contributed by atoms with Crippen LogP contribution in [0.2, 0.25) is 0 Å². The molecule has 0 radical (unpaired) electrons. The Kier molecular flexibility index (Phi) is 4.29. The smallest absolute Gasteiger partial charge is 0.124 e. The highest BCUT2D eigenvalue weighted by Crippen LogP contribution is 2.15. The van der Waals surface area contributed by atoms with Gasteiger partial charge in [-0.1, -0.05) is 0 Å². The van der Waals surface area contributed by atoms with Gasteiger partial charge in [-0.3, -0.25) is 4.90 Å². The Hall–Kier alpha value is -1.44. The molecule has 1 aliphatic rings. The highest BCUT2D eigenvalue weighted by Gasteiger charge is 2.17. The monoisotopic (exact) mass is 248 g/mol. The van der Waals surface area contributed by atoms with Crippen LogP contribution in [-0.2, 0) is 11.3 Å². The van der Waals surface area contributed by atoms with Crippen LogP contribution >= 0.6 is 0 Å². The molecule has 18 heavy (non-hydrogen) atoms. The van der Waals surface area contributed by atoms with Crippen molar-refractivity contribution in [3.63, 3.8) is 0 Å². The average Bonchev–Trinajstić information content (AvgIpc) is 2.80. The summed E-state index contributed by atoms with van der Waals surface area (Å²) in [6.45, 7) is 2.32. The van der Waals surface area contributed by atoms with Crippen LogP contribution in [-0.4, -0.2) is 31.2 Å². The Bertz CT molecular complexity index is 450. The minimum Gasteiger partial charge on any atom is -0.377 e. The summed E-state index contributed by atoms with van der Waals surface area (Å²) in [6, 6.07) is 6.44. The maximum absolute atomic E-state index is 13.3. The Morgan fingerprint density at radius 3 is 3.00 bits per heavy atom. The zero-order chi connectivity index (χ0) is 13.0. The summed E-state index contributed by atoms with van der Waals surface area (Å²) < 4.78 is 18.8. The van der Waals surface area contributed by atoms with Crippen molar-refractivity contribution in [3.05, 3.63) is 35.1 Å². The van der Waals surface area contributed by atoms with Crippen LogP contribution < -0.4 is 0 Å². The molecule has 1 saturated heterocycles. The molecular formula is C14H17FN2O. The molecular weight excluding hydrogens is 231 g/mol. The van der Waals surface area contributed by atoms with Crippen molar-refractivity contribution in [2.75, 3.05) is 20.2 Å². The van der Waals surface area contributed by atoms with E-state index in [2.05, 4.69) is 4.90 Å². The molecule has 0 aromatic heterocycles. The largest absolute Gasteiger partial charge is 0.377 e. The second kappa shape index (κ2) is 5.94. The molecule has 1 unspecified atom stereocenters. The van der Waals surface area contributed by atoms with Crippen LogP contribution in [0.5, 0.6) is 0 Å². The van der Waals surface area contributed by atoms with Gasteiger partial charge in [0.05, 0.1) is 17.7 Å². The van der Waals surface area contributed by atoms with Crippen molar-refractivity contribution in [2.24, 2.45) is 0 Å². The van der Waals surface area contributed by atoms with E-state index in [-0.39, 0.29) is 5.82 Å². The molecule has 3 nitrogen and oxygen atoms in total. The number of benzene rings is 1. The van der Waals surface area contributed by atoms with Gasteiger partial charge in [-0.2, -0.15) is 5.26 Å². The molecule has 96 valence electrons. The van der Waals surface area contributed by atoms with E-state index in [4.69, 9.17) is 10.00 Å². The third-order valence-corrected chi connectivity index (χ3v) is 3.08. The number of likely N-dealkylation sites (N-methyl/N-ethyl adjacent to an activating group) is 1. The standard InChI is InChI=1S/C14H17FN2O/c1-17(10-14-3-2-4-18-14)9-12-5-11(8-16)6-13(15)7-12/h5-7,14H,2-4,9-10H2,1H3. The van der Waals surface area contributed by atoms with Gasteiger partial charge in [0.2, 0.25) is 0 Å². The third kappa shape index (κ3) is 3.52. The van der Waals surface area contributed by atoms with Crippen LogP contribution in [0.1, 0.15) is 24.0 Å². The highest BCUT2D eigenvalue weighted by molar-refractivity contribution is 5.33. The van der Waals surface area contributed by atoms with E-state index in [0.717, 1.165) is 31.6 Å². The quantitative estimate of drug-likeness (QED) is 0.820. The predicted molar refractivity (Wildman–Crippen MR) is 66.4 cm³/mol. The molecule has 0 N–H and O–H groups in total. The summed E-state index contributed by atoms with van der Waals surface area (Å²) in [6.07, 6.45) is 2.51. The molecule has 2 rings (SSSR count). The molecule has 4 heteroatoms. The first kappa shape index (κ1) is 13.0. The van der Waals surface area contributed by atoms with Gasteiger partial charge in [0.1, 0.15) is 5.82 Å². The first-order valence-corrected chi connectivity index (χ1v) is 6.17. The Morgan fingerprint density at radius 2 is 2.33 bits per heavy atom. The average molecular weight is 248 g/mol. The first-order valence-electron chi connectivity index (χ1n) is 6.17. The van der Waals surface area contributed by atoms with Crippen LogP contribution in [0.4, 0.5) is 4.39 Å². The van der Waals surface area contributed by atoms with E-state index >= 15 is 0 Å². The van der Waals surface area contributed by atoms with Crippen molar-refractivity contribution in [3.8, 4) is 6.07 Å². The van der Waals surface area contributed by atoms with Gasteiger partial charge < -0.3 is 4.74 Å². The van der Waals surface area contributed by atoms with E-state index < -0.39 is 0 Å². The lowest BCUT2D eigenvalue weighted by Crippen LogP contribution is -2.28.